The molecule has 2 rings (SSSR count). The Hall–Kier alpha value is -2.97. The van der Waals surface area contributed by atoms with Crippen molar-refractivity contribution in [3.8, 4) is 0 Å². The molecule has 1 aliphatic heterocycles. The molecule has 0 radical (unpaired) electrons. The second kappa shape index (κ2) is 9.23. The maximum atomic E-state index is 14.3. The molecule has 1 aliphatic rings. The first kappa shape index (κ1) is 23.3. The van der Waals surface area contributed by atoms with Crippen LogP contribution in [0.3, 0.4) is 0 Å². The zero-order valence-corrected chi connectivity index (χ0v) is 17.5. The van der Waals surface area contributed by atoms with E-state index in [1.54, 1.807) is 25.7 Å². The molecule has 2 amide bonds. The van der Waals surface area contributed by atoms with E-state index in [1.165, 1.54) is 12.1 Å². The van der Waals surface area contributed by atoms with Gasteiger partial charge in [-0.15, -0.1) is 0 Å². The molecular formula is C21H29FN4O4. The molecule has 164 valence electrons. The van der Waals surface area contributed by atoms with Crippen LogP contribution in [0, 0.1) is 23.1 Å². The number of carboxylic acids is 1. The lowest BCUT2D eigenvalue weighted by atomic mass is 9.86. The van der Waals surface area contributed by atoms with Gasteiger partial charge >= 0.3 is 5.97 Å². The van der Waals surface area contributed by atoms with Crippen molar-refractivity contribution >= 4 is 23.6 Å². The van der Waals surface area contributed by atoms with E-state index in [9.17, 15) is 18.8 Å². The van der Waals surface area contributed by atoms with E-state index in [-0.39, 0.29) is 35.2 Å². The number of hydrogen-bond acceptors (Lipinski definition) is 4. The largest absolute Gasteiger partial charge is 0.481 e. The Labute approximate surface area is 175 Å². The number of hydrogen-bond donors (Lipinski definition) is 4. The summed E-state index contributed by atoms with van der Waals surface area (Å²) in [5.74, 6) is -3.23. The molecule has 1 fully saturated rings. The van der Waals surface area contributed by atoms with E-state index in [0.717, 1.165) is 6.07 Å². The zero-order valence-electron chi connectivity index (χ0n) is 17.5. The van der Waals surface area contributed by atoms with Crippen LogP contribution in [0.5, 0.6) is 0 Å². The lowest BCUT2D eigenvalue weighted by Crippen LogP contribution is -2.54. The van der Waals surface area contributed by atoms with Gasteiger partial charge in [-0.2, -0.15) is 0 Å². The summed E-state index contributed by atoms with van der Waals surface area (Å²) in [6.07, 6.45) is 1.36. The molecule has 9 heteroatoms. The Morgan fingerprint density at radius 2 is 1.93 bits per heavy atom. The first-order valence-electron chi connectivity index (χ1n) is 9.89. The fraction of sp³-hybridized carbons (Fsp3) is 0.524. The van der Waals surface area contributed by atoms with E-state index in [0.29, 0.717) is 25.9 Å². The molecule has 1 unspecified atom stereocenters. The molecular weight excluding hydrogens is 391 g/mol. The van der Waals surface area contributed by atoms with E-state index in [1.807, 2.05) is 0 Å². The first-order chi connectivity index (χ1) is 13.9. The Balaban J connectivity index is 2.02. The van der Waals surface area contributed by atoms with Gasteiger partial charge in [0.25, 0.3) is 5.91 Å². The fourth-order valence-corrected chi connectivity index (χ4v) is 3.52. The van der Waals surface area contributed by atoms with Crippen molar-refractivity contribution in [3.05, 3.63) is 35.1 Å². The quantitative estimate of drug-likeness (QED) is 0.395. The van der Waals surface area contributed by atoms with Gasteiger partial charge in [0.2, 0.25) is 5.91 Å². The summed E-state index contributed by atoms with van der Waals surface area (Å²) in [5, 5.41) is 19.0. The highest BCUT2D eigenvalue weighted by molar-refractivity contribution is 5.98. The van der Waals surface area contributed by atoms with Crippen LogP contribution >= 0.6 is 0 Å². The van der Waals surface area contributed by atoms with E-state index < -0.39 is 29.2 Å². The van der Waals surface area contributed by atoms with Crippen molar-refractivity contribution in [2.75, 3.05) is 13.1 Å². The number of carbonyl (C=O) groups is 3. The summed E-state index contributed by atoms with van der Waals surface area (Å²) in [7, 11) is 0. The Kier molecular flexibility index (Phi) is 7.17. The van der Waals surface area contributed by atoms with Crippen LogP contribution in [0.2, 0.25) is 0 Å². The van der Waals surface area contributed by atoms with Crippen molar-refractivity contribution in [1.29, 1.82) is 5.41 Å². The third kappa shape index (κ3) is 5.55. The molecule has 1 aromatic carbocycles. The molecule has 0 aromatic heterocycles. The number of amidine groups is 1. The molecule has 30 heavy (non-hydrogen) atoms. The second-order valence-corrected chi connectivity index (χ2v) is 8.37. The van der Waals surface area contributed by atoms with E-state index in [2.05, 4.69) is 5.32 Å². The van der Waals surface area contributed by atoms with Gasteiger partial charge in [0.15, 0.2) is 0 Å². The van der Waals surface area contributed by atoms with Gasteiger partial charge in [-0.1, -0.05) is 13.0 Å². The zero-order chi connectivity index (χ0) is 22.6. The number of halogens is 1. The highest BCUT2D eigenvalue weighted by Crippen LogP contribution is 2.25. The van der Waals surface area contributed by atoms with Gasteiger partial charge in [-0.25, -0.2) is 4.39 Å². The predicted octanol–water partition coefficient (Wildman–Crippen LogP) is 1.97. The molecule has 5 N–H and O–H groups in total. The van der Waals surface area contributed by atoms with Crippen LogP contribution in [0.1, 0.15) is 56.0 Å². The van der Waals surface area contributed by atoms with Gasteiger partial charge in [0, 0.05) is 30.6 Å². The van der Waals surface area contributed by atoms with Gasteiger partial charge in [-0.05, 0) is 44.7 Å². The van der Waals surface area contributed by atoms with E-state index >= 15 is 0 Å². The number of likely N-dealkylation sites (tertiary alicyclic amines) is 1. The highest BCUT2D eigenvalue weighted by atomic mass is 19.1. The summed E-state index contributed by atoms with van der Waals surface area (Å²) >= 11 is 0. The third-order valence-electron chi connectivity index (χ3n) is 5.80. The summed E-state index contributed by atoms with van der Waals surface area (Å²) in [5.41, 5.74) is 4.37. The lowest BCUT2D eigenvalue weighted by molar-refractivity contribution is -0.140. The van der Waals surface area contributed by atoms with Crippen LogP contribution in [-0.4, -0.2) is 52.3 Å². The van der Waals surface area contributed by atoms with Gasteiger partial charge < -0.3 is 21.1 Å². The summed E-state index contributed by atoms with van der Waals surface area (Å²) in [6.45, 7) is 6.07. The number of amides is 2. The van der Waals surface area contributed by atoms with Crippen molar-refractivity contribution in [1.82, 2.24) is 10.2 Å². The van der Waals surface area contributed by atoms with Crippen molar-refractivity contribution < 1.29 is 23.9 Å². The first-order valence-corrected chi connectivity index (χ1v) is 9.89. The fourth-order valence-electron chi connectivity index (χ4n) is 3.52. The minimum atomic E-state index is -0.947. The Morgan fingerprint density at radius 3 is 2.43 bits per heavy atom. The highest BCUT2D eigenvalue weighted by Gasteiger charge is 2.37. The number of rotatable bonds is 7. The minimum Gasteiger partial charge on any atom is -0.481 e. The summed E-state index contributed by atoms with van der Waals surface area (Å²) in [4.78, 5) is 38.1. The number of piperidine rings is 1. The topological polar surface area (TPSA) is 137 Å². The van der Waals surface area contributed by atoms with Crippen LogP contribution in [0.4, 0.5) is 4.39 Å². The summed E-state index contributed by atoms with van der Waals surface area (Å²) < 4.78 is 14.3. The van der Waals surface area contributed by atoms with Crippen LogP contribution in [-0.2, 0) is 9.59 Å². The predicted molar refractivity (Wildman–Crippen MR) is 110 cm³/mol. The SMILES string of the molecule is CC(C(=O)N1CCC(CC(=O)O)CC1)C(C)(C)NC(=O)c1ccc(C(=N)N)cc1F. The lowest BCUT2D eigenvalue weighted by Gasteiger charge is -2.38. The molecule has 0 aliphatic carbocycles. The second-order valence-electron chi connectivity index (χ2n) is 8.37. The van der Waals surface area contributed by atoms with Crippen LogP contribution in [0.25, 0.3) is 0 Å². The Morgan fingerprint density at radius 1 is 1.33 bits per heavy atom. The molecule has 0 spiro atoms. The molecule has 1 heterocycles. The van der Waals surface area contributed by atoms with Gasteiger partial charge in [0.1, 0.15) is 11.7 Å². The molecule has 1 aromatic rings. The third-order valence-corrected chi connectivity index (χ3v) is 5.80. The average molecular weight is 420 g/mol. The maximum Gasteiger partial charge on any atom is 0.303 e. The number of nitrogens with one attached hydrogen (secondary N) is 2. The van der Waals surface area contributed by atoms with Crippen molar-refractivity contribution in [3.63, 3.8) is 0 Å². The Bertz CT molecular complexity index is 847. The van der Waals surface area contributed by atoms with E-state index in [4.69, 9.17) is 16.2 Å². The molecule has 0 saturated carbocycles. The molecule has 0 bridgehead atoms. The summed E-state index contributed by atoms with van der Waals surface area (Å²) in [6, 6.07) is 3.68. The number of carboxylic acid groups (broad SMARTS) is 1. The smallest absolute Gasteiger partial charge is 0.303 e. The van der Waals surface area contributed by atoms with Crippen molar-refractivity contribution in [2.45, 2.75) is 45.6 Å². The minimum absolute atomic E-state index is 0.0653. The number of carbonyl (C=O) groups excluding carboxylic acids is 2. The van der Waals surface area contributed by atoms with Gasteiger partial charge in [0.05, 0.1) is 11.5 Å². The van der Waals surface area contributed by atoms with Crippen molar-refractivity contribution in [2.24, 2.45) is 17.6 Å². The standard InChI is InChI=1S/C21H29FN4O4/c1-12(20(30)26-8-6-13(7-9-26)10-17(27)28)21(2,3)25-19(29)15-5-4-14(18(23)24)11-16(15)22/h4-5,11-13H,6-10H2,1-3H3,(H3,23,24)(H,25,29)(H,27,28). The number of aliphatic carboxylic acids is 1. The van der Waals surface area contributed by atoms with Gasteiger partial charge in [-0.3, -0.25) is 19.8 Å². The number of benzene rings is 1. The monoisotopic (exact) mass is 420 g/mol. The number of nitrogens with two attached hydrogens (primary N) is 1. The molecule has 1 saturated heterocycles. The number of nitrogens with zero attached hydrogens (tertiary/aromatic N) is 1. The maximum absolute atomic E-state index is 14.3. The average Bonchev–Trinajstić information content (AvgIpc) is 2.66. The molecule has 1 atom stereocenters. The number of nitrogen functional groups attached to an aromatic ring is 1. The van der Waals surface area contributed by atoms with Crippen LogP contribution < -0.4 is 11.1 Å². The van der Waals surface area contributed by atoms with Crippen LogP contribution in [0.15, 0.2) is 18.2 Å². The molecule has 8 nitrogen and oxygen atoms in total. The normalized spacial score (nSPS) is 16.1.